The van der Waals surface area contributed by atoms with Crippen LogP contribution in [-0.4, -0.2) is 35.6 Å². The fourth-order valence-electron chi connectivity index (χ4n) is 5.11. The average Bonchev–Trinajstić information content (AvgIpc) is 3.00. The lowest BCUT2D eigenvalue weighted by Crippen LogP contribution is -2.28. The van der Waals surface area contributed by atoms with Crippen LogP contribution < -0.4 is 5.32 Å². The van der Waals surface area contributed by atoms with Crippen LogP contribution in [0.25, 0.3) is 0 Å². The second-order valence-electron chi connectivity index (χ2n) is 12.1. The summed E-state index contributed by atoms with van der Waals surface area (Å²) >= 11 is 0. The van der Waals surface area contributed by atoms with Gasteiger partial charge in [0, 0.05) is 12.8 Å². The number of carbonyl (C=O) groups excluding carboxylic acids is 2. The van der Waals surface area contributed by atoms with E-state index in [0.29, 0.717) is 19.3 Å². The van der Waals surface area contributed by atoms with E-state index in [9.17, 15) is 14.4 Å². The van der Waals surface area contributed by atoms with E-state index in [1.807, 2.05) is 0 Å². The van der Waals surface area contributed by atoms with Gasteiger partial charge in [0.25, 0.3) is 0 Å². The number of carboxylic acids is 1. The van der Waals surface area contributed by atoms with Gasteiger partial charge in [-0.25, -0.2) is 0 Å². The number of aliphatic carboxylic acids is 1. The van der Waals surface area contributed by atoms with Gasteiger partial charge in [-0.3, -0.25) is 14.4 Å². The van der Waals surface area contributed by atoms with Crippen molar-refractivity contribution in [3.8, 4) is 0 Å². The molecule has 6 nitrogen and oxygen atoms in total. The molecule has 2 N–H and O–H groups in total. The first-order valence-corrected chi connectivity index (χ1v) is 18.1. The quantitative estimate of drug-likeness (QED) is 0.0445. The molecule has 0 aliphatic heterocycles. The number of allylic oxidation sites excluding steroid dienone is 6. The van der Waals surface area contributed by atoms with Gasteiger partial charge in [-0.05, 0) is 77.0 Å². The fourth-order valence-corrected chi connectivity index (χ4v) is 5.11. The second kappa shape index (κ2) is 33.5. The fraction of sp³-hybridized carbons (Fsp3) is 0.763. The molecule has 6 heteroatoms. The molecule has 254 valence electrons. The van der Waals surface area contributed by atoms with E-state index >= 15 is 0 Å². The zero-order chi connectivity index (χ0) is 32.4. The molecule has 0 radical (unpaired) electrons. The number of esters is 1. The zero-order valence-corrected chi connectivity index (χ0v) is 28.5. The summed E-state index contributed by atoms with van der Waals surface area (Å²) in [5, 5.41) is 11.0. The lowest BCUT2D eigenvalue weighted by molar-refractivity contribution is -0.150. The monoisotopic (exact) mass is 618 g/mol. The normalized spacial score (nSPS) is 12.4. The highest BCUT2D eigenvalue weighted by Gasteiger charge is 2.14. The maximum Gasteiger partial charge on any atom is 0.322 e. The van der Waals surface area contributed by atoms with Crippen LogP contribution in [0.4, 0.5) is 0 Å². The molecule has 0 aliphatic carbocycles. The molecule has 0 aromatic rings. The van der Waals surface area contributed by atoms with Crippen LogP contribution in [0.3, 0.4) is 0 Å². The molecule has 44 heavy (non-hydrogen) atoms. The van der Waals surface area contributed by atoms with Crippen molar-refractivity contribution in [3.63, 3.8) is 0 Å². The van der Waals surface area contributed by atoms with Crippen molar-refractivity contribution in [1.29, 1.82) is 0 Å². The lowest BCUT2D eigenvalue weighted by Gasteiger charge is -2.18. The van der Waals surface area contributed by atoms with E-state index < -0.39 is 5.97 Å². The maximum absolute atomic E-state index is 12.5. The largest absolute Gasteiger partial charge is 0.480 e. The molecule has 0 saturated carbocycles. The standard InChI is InChI=1S/C38H67NO5/c1-3-5-7-8-9-10-11-12-13-14-15-16-17-18-19-20-21-22-23-24-29-33-38(43)44-35(30-26-6-4-2)31-27-25-28-32-36(40)39-34-37(41)42/h11-12,14-15,17-18,35H,3-10,13,16,19-34H2,1-2H3,(H,39,40)(H,41,42)/b12-11-,15-14-,18-17-. The minimum Gasteiger partial charge on any atom is -0.480 e. The van der Waals surface area contributed by atoms with Crippen LogP contribution >= 0.6 is 0 Å². The topological polar surface area (TPSA) is 92.7 Å². The summed E-state index contributed by atoms with van der Waals surface area (Å²) < 4.78 is 5.83. The molecular weight excluding hydrogens is 550 g/mol. The Balaban J connectivity index is 3.80. The highest BCUT2D eigenvalue weighted by molar-refractivity contribution is 5.80. The summed E-state index contributed by atoms with van der Waals surface area (Å²) in [7, 11) is 0. The van der Waals surface area contributed by atoms with Crippen molar-refractivity contribution in [2.45, 2.75) is 180 Å². The Kier molecular flexibility index (Phi) is 31.7. The summed E-state index contributed by atoms with van der Waals surface area (Å²) in [6, 6.07) is 0. The molecule has 0 aromatic heterocycles. The van der Waals surface area contributed by atoms with Gasteiger partial charge in [0.2, 0.25) is 5.91 Å². The molecule has 0 heterocycles. The van der Waals surface area contributed by atoms with Crippen LogP contribution in [-0.2, 0) is 19.1 Å². The number of amides is 1. The number of ether oxygens (including phenoxy) is 1. The van der Waals surface area contributed by atoms with Crippen LogP contribution in [0.5, 0.6) is 0 Å². The summed E-state index contributed by atoms with van der Waals surface area (Å²) in [4.78, 5) is 34.6. The van der Waals surface area contributed by atoms with Gasteiger partial charge in [-0.2, -0.15) is 0 Å². The maximum atomic E-state index is 12.5. The summed E-state index contributed by atoms with van der Waals surface area (Å²) in [5.41, 5.74) is 0. The minimum absolute atomic E-state index is 0.0369. The van der Waals surface area contributed by atoms with Gasteiger partial charge < -0.3 is 15.2 Å². The Morgan fingerprint density at radius 1 is 0.591 bits per heavy atom. The van der Waals surface area contributed by atoms with Crippen LogP contribution in [0, 0.1) is 0 Å². The molecule has 1 atom stereocenters. The van der Waals surface area contributed by atoms with E-state index in [4.69, 9.17) is 9.84 Å². The first kappa shape index (κ1) is 41.6. The van der Waals surface area contributed by atoms with E-state index in [1.54, 1.807) is 0 Å². The van der Waals surface area contributed by atoms with Gasteiger partial charge in [0.05, 0.1) is 0 Å². The van der Waals surface area contributed by atoms with Gasteiger partial charge in [-0.1, -0.05) is 121 Å². The first-order chi connectivity index (χ1) is 21.5. The zero-order valence-electron chi connectivity index (χ0n) is 28.5. The predicted octanol–water partition coefficient (Wildman–Crippen LogP) is 10.6. The molecular formula is C38H67NO5. The summed E-state index contributed by atoms with van der Waals surface area (Å²) in [6.07, 6.45) is 40.1. The summed E-state index contributed by atoms with van der Waals surface area (Å²) in [6.45, 7) is 4.10. The van der Waals surface area contributed by atoms with Gasteiger partial charge in [-0.15, -0.1) is 0 Å². The van der Waals surface area contributed by atoms with Crippen molar-refractivity contribution >= 4 is 17.8 Å². The van der Waals surface area contributed by atoms with Crippen molar-refractivity contribution in [2.75, 3.05) is 6.54 Å². The highest BCUT2D eigenvalue weighted by atomic mass is 16.5. The molecule has 1 unspecified atom stereocenters. The third-order valence-electron chi connectivity index (χ3n) is 7.81. The number of carbonyl (C=O) groups is 3. The molecule has 1 amide bonds. The lowest BCUT2D eigenvalue weighted by atomic mass is 10.0. The van der Waals surface area contributed by atoms with E-state index in [-0.39, 0.29) is 24.5 Å². The average molecular weight is 618 g/mol. The number of carboxylic acid groups (broad SMARTS) is 1. The van der Waals surface area contributed by atoms with E-state index in [2.05, 4.69) is 55.6 Å². The van der Waals surface area contributed by atoms with Gasteiger partial charge in [0.15, 0.2) is 0 Å². The van der Waals surface area contributed by atoms with Crippen molar-refractivity contribution in [2.24, 2.45) is 0 Å². The molecule has 0 bridgehead atoms. The predicted molar refractivity (Wildman–Crippen MR) is 185 cm³/mol. The number of nitrogens with one attached hydrogen (secondary N) is 1. The number of hydrogen-bond donors (Lipinski definition) is 2. The van der Waals surface area contributed by atoms with Crippen molar-refractivity contribution < 1.29 is 24.2 Å². The number of rotatable bonds is 32. The van der Waals surface area contributed by atoms with E-state index in [0.717, 1.165) is 77.0 Å². The van der Waals surface area contributed by atoms with Gasteiger partial charge >= 0.3 is 11.9 Å². The Morgan fingerprint density at radius 2 is 1.05 bits per heavy atom. The highest BCUT2D eigenvalue weighted by Crippen LogP contribution is 2.17. The van der Waals surface area contributed by atoms with Crippen LogP contribution in [0.1, 0.15) is 174 Å². The minimum atomic E-state index is -1.03. The molecule has 0 rings (SSSR count). The SMILES string of the molecule is CCCCCCC/C=C\C/C=C\C/C=C\CCCCCCCCC(=O)OC(CCCCC)CCCCCC(=O)NCC(=O)O. The Hall–Kier alpha value is -2.37. The number of hydrogen-bond acceptors (Lipinski definition) is 4. The third kappa shape index (κ3) is 32.5. The molecule has 0 aliphatic rings. The Morgan fingerprint density at radius 3 is 1.64 bits per heavy atom. The molecule has 0 aromatic carbocycles. The van der Waals surface area contributed by atoms with Crippen LogP contribution in [0.2, 0.25) is 0 Å². The molecule has 0 fully saturated rings. The number of unbranched alkanes of at least 4 members (excludes halogenated alkanes) is 15. The van der Waals surface area contributed by atoms with Crippen molar-refractivity contribution in [1.82, 2.24) is 5.32 Å². The Labute approximate surface area is 270 Å². The Bertz CT molecular complexity index is 773. The summed E-state index contributed by atoms with van der Waals surface area (Å²) in [5.74, 6) is -1.33. The third-order valence-corrected chi connectivity index (χ3v) is 7.81. The first-order valence-electron chi connectivity index (χ1n) is 18.1. The molecule has 0 saturated heterocycles. The van der Waals surface area contributed by atoms with Crippen molar-refractivity contribution in [3.05, 3.63) is 36.5 Å². The molecule has 0 spiro atoms. The van der Waals surface area contributed by atoms with Crippen LogP contribution in [0.15, 0.2) is 36.5 Å². The van der Waals surface area contributed by atoms with E-state index in [1.165, 1.54) is 64.2 Å². The smallest absolute Gasteiger partial charge is 0.322 e. The van der Waals surface area contributed by atoms with Gasteiger partial charge in [0.1, 0.15) is 12.6 Å². The second-order valence-corrected chi connectivity index (χ2v) is 12.1.